The number of methoxy groups -OCH3 is 1. The minimum atomic E-state index is 0.125. The summed E-state index contributed by atoms with van der Waals surface area (Å²) in [6, 6.07) is 8.17. The number of rotatable bonds is 6. The number of benzene rings is 1. The Morgan fingerprint density at radius 2 is 2.10 bits per heavy atom. The number of aryl methyl sites for hydroxylation is 2. The molecular weight excluding hydrogens is 286 g/mol. The molecule has 4 nitrogen and oxygen atoms in total. The van der Waals surface area contributed by atoms with Crippen LogP contribution in [0.1, 0.15) is 29.9 Å². The van der Waals surface area contributed by atoms with Crippen molar-refractivity contribution >= 4 is 11.6 Å². The van der Waals surface area contributed by atoms with E-state index in [2.05, 4.69) is 23.4 Å². The minimum Gasteiger partial charge on any atom is -0.496 e. The van der Waals surface area contributed by atoms with Gasteiger partial charge in [0.25, 0.3) is 0 Å². The van der Waals surface area contributed by atoms with Crippen molar-refractivity contribution in [1.29, 1.82) is 0 Å². The fourth-order valence-corrected chi connectivity index (χ4v) is 2.79. The predicted octanol–water partition coefficient (Wildman–Crippen LogP) is 3.38. The van der Waals surface area contributed by atoms with E-state index in [4.69, 9.17) is 16.3 Å². The Balaban J connectivity index is 2.36. The molecular formula is C16H22ClN3O. The predicted molar refractivity (Wildman–Crippen MR) is 86.1 cm³/mol. The summed E-state index contributed by atoms with van der Waals surface area (Å²) < 4.78 is 7.43. The molecule has 1 atom stereocenters. The zero-order valence-electron chi connectivity index (χ0n) is 13.0. The zero-order valence-corrected chi connectivity index (χ0v) is 13.7. The Morgan fingerprint density at radius 1 is 1.38 bits per heavy atom. The second-order valence-corrected chi connectivity index (χ2v) is 5.33. The van der Waals surface area contributed by atoms with Crippen molar-refractivity contribution in [2.75, 3.05) is 14.2 Å². The lowest BCUT2D eigenvalue weighted by Gasteiger charge is -2.20. The van der Waals surface area contributed by atoms with Crippen LogP contribution < -0.4 is 10.1 Å². The van der Waals surface area contributed by atoms with Gasteiger partial charge in [-0.1, -0.05) is 29.8 Å². The molecule has 0 amide bonds. The maximum Gasteiger partial charge on any atom is 0.123 e. The molecule has 1 aromatic heterocycles. The van der Waals surface area contributed by atoms with Gasteiger partial charge in [0.05, 0.1) is 23.5 Å². The van der Waals surface area contributed by atoms with Crippen LogP contribution in [0.3, 0.4) is 0 Å². The third-order valence-electron chi connectivity index (χ3n) is 3.71. The SMILES string of the molecule is CCn1nc(C)c(Cl)c1CC(NC)c1ccccc1OC. The number of halogens is 1. The van der Waals surface area contributed by atoms with E-state index < -0.39 is 0 Å². The van der Waals surface area contributed by atoms with E-state index in [0.717, 1.165) is 40.7 Å². The normalized spacial score (nSPS) is 12.4. The van der Waals surface area contributed by atoms with Crippen LogP contribution in [0, 0.1) is 6.92 Å². The Kier molecular flexibility index (Phi) is 5.26. The third-order valence-corrected chi connectivity index (χ3v) is 4.20. The molecule has 0 saturated heterocycles. The van der Waals surface area contributed by atoms with Crippen LogP contribution in [-0.4, -0.2) is 23.9 Å². The van der Waals surface area contributed by atoms with Gasteiger partial charge in [0.1, 0.15) is 5.75 Å². The first kappa shape index (κ1) is 15.9. The monoisotopic (exact) mass is 307 g/mol. The molecule has 0 aliphatic heterocycles. The highest BCUT2D eigenvalue weighted by Gasteiger charge is 2.20. The van der Waals surface area contributed by atoms with Crippen LogP contribution in [0.2, 0.25) is 5.02 Å². The highest BCUT2D eigenvalue weighted by Crippen LogP contribution is 2.30. The second kappa shape index (κ2) is 6.96. The van der Waals surface area contributed by atoms with Crippen LogP contribution in [0.5, 0.6) is 5.75 Å². The molecule has 0 aliphatic carbocycles. The lowest BCUT2D eigenvalue weighted by atomic mass is 10.0. The minimum absolute atomic E-state index is 0.125. The molecule has 2 aromatic rings. The van der Waals surface area contributed by atoms with Gasteiger partial charge < -0.3 is 10.1 Å². The molecule has 0 fully saturated rings. The Labute approximate surface area is 131 Å². The number of hydrogen-bond donors (Lipinski definition) is 1. The number of para-hydroxylation sites is 1. The van der Waals surface area contributed by atoms with Crippen LogP contribution in [0.25, 0.3) is 0 Å². The number of aromatic nitrogens is 2. The lowest BCUT2D eigenvalue weighted by molar-refractivity contribution is 0.400. The summed E-state index contributed by atoms with van der Waals surface area (Å²) in [5.74, 6) is 0.882. The molecule has 1 aromatic carbocycles. The molecule has 21 heavy (non-hydrogen) atoms. The van der Waals surface area contributed by atoms with Crippen molar-refractivity contribution in [3.05, 3.63) is 46.2 Å². The number of nitrogens with one attached hydrogen (secondary N) is 1. The molecule has 1 heterocycles. The summed E-state index contributed by atoms with van der Waals surface area (Å²) >= 11 is 6.41. The first-order valence-electron chi connectivity index (χ1n) is 7.14. The Hall–Kier alpha value is -1.52. The Bertz CT molecular complexity index is 610. The topological polar surface area (TPSA) is 39.1 Å². The van der Waals surface area contributed by atoms with E-state index in [1.165, 1.54) is 0 Å². The molecule has 1 unspecified atom stereocenters. The number of hydrogen-bond acceptors (Lipinski definition) is 3. The summed E-state index contributed by atoms with van der Waals surface area (Å²) in [5, 5.41) is 8.58. The summed E-state index contributed by atoms with van der Waals surface area (Å²) in [5.41, 5.74) is 3.06. The fourth-order valence-electron chi connectivity index (χ4n) is 2.58. The maximum absolute atomic E-state index is 6.41. The van der Waals surface area contributed by atoms with Crippen LogP contribution in [0.15, 0.2) is 24.3 Å². The summed E-state index contributed by atoms with van der Waals surface area (Å²) in [7, 11) is 3.64. The van der Waals surface area contributed by atoms with Crippen molar-refractivity contribution in [1.82, 2.24) is 15.1 Å². The quantitative estimate of drug-likeness (QED) is 0.889. The standard InChI is InChI=1S/C16H22ClN3O/c1-5-20-14(16(17)11(2)19-20)10-13(18-3)12-8-6-7-9-15(12)21-4/h6-9,13,18H,5,10H2,1-4H3. The van der Waals surface area contributed by atoms with Gasteiger partial charge in [0.15, 0.2) is 0 Å². The van der Waals surface area contributed by atoms with Crippen molar-refractivity contribution in [3.8, 4) is 5.75 Å². The molecule has 0 bridgehead atoms. The summed E-state index contributed by atoms with van der Waals surface area (Å²) in [6.45, 7) is 4.82. The first-order chi connectivity index (χ1) is 10.1. The van der Waals surface area contributed by atoms with E-state index in [9.17, 15) is 0 Å². The molecule has 2 rings (SSSR count). The highest BCUT2D eigenvalue weighted by molar-refractivity contribution is 6.31. The summed E-state index contributed by atoms with van der Waals surface area (Å²) in [6.07, 6.45) is 0.768. The average molecular weight is 308 g/mol. The van der Waals surface area contributed by atoms with Gasteiger partial charge >= 0.3 is 0 Å². The zero-order chi connectivity index (χ0) is 15.4. The molecule has 0 aliphatic rings. The number of nitrogens with zero attached hydrogens (tertiary/aromatic N) is 2. The van der Waals surface area contributed by atoms with Gasteiger partial charge in [-0.3, -0.25) is 4.68 Å². The van der Waals surface area contributed by atoms with Crippen LogP contribution in [0.4, 0.5) is 0 Å². The number of ether oxygens (including phenoxy) is 1. The van der Waals surface area contributed by atoms with Crippen LogP contribution >= 0.6 is 11.6 Å². The van der Waals surface area contributed by atoms with E-state index in [1.807, 2.05) is 36.9 Å². The first-order valence-corrected chi connectivity index (χ1v) is 7.52. The van der Waals surface area contributed by atoms with Crippen molar-refractivity contribution in [2.45, 2.75) is 32.9 Å². The third kappa shape index (κ3) is 3.22. The molecule has 0 spiro atoms. The van der Waals surface area contributed by atoms with E-state index in [-0.39, 0.29) is 6.04 Å². The van der Waals surface area contributed by atoms with E-state index in [1.54, 1.807) is 7.11 Å². The molecule has 0 radical (unpaired) electrons. The van der Waals surface area contributed by atoms with Gasteiger partial charge in [-0.15, -0.1) is 0 Å². The van der Waals surface area contributed by atoms with Gasteiger partial charge in [0.2, 0.25) is 0 Å². The van der Waals surface area contributed by atoms with Gasteiger partial charge in [0, 0.05) is 24.6 Å². The van der Waals surface area contributed by atoms with Crippen molar-refractivity contribution in [3.63, 3.8) is 0 Å². The summed E-state index contributed by atoms with van der Waals surface area (Å²) in [4.78, 5) is 0. The fraction of sp³-hybridized carbons (Fsp3) is 0.438. The smallest absolute Gasteiger partial charge is 0.123 e. The molecule has 5 heteroatoms. The van der Waals surface area contributed by atoms with Crippen molar-refractivity contribution in [2.24, 2.45) is 0 Å². The molecule has 114 valence electrons. The largest absolute Gasteiger partial charge is 0.496 e. The highest BCUT2D eigenvalue weighted by atomic mass is 35.5. The molecule has 0 saturated carbocycles. The maximum atomic E-state index is 6.41. The Morgan fingerprint density at radius 3 is 2.71 bits per heavy atom. The molecule has 1 N–H and O–H groups in total. The lowest BCUT2D eigenvalue weighted by Crippen LogP contribution is -2.21. The van der Waals surface area contributed by atoms with Gasteiger partial charge in [-0.05, 0) is 27.0 Å². The average Bonchev–Trinajstić information content (AvgIpc) is 2.79. The van der Waals surface area contributed by atoms with E-state index >= 15 is 0 Å². The van der Waals surface area contributed by atoms with Crippen molar-refractivity contribution < 1.29 is 4.74 Å². The van der Waals surface area contributed by atoms with Gasteiger partial charge in [-0.2, -0.15) is 5.10 Å². The van der Waals surface area contributed by atoms with E-state index in [0.29, 0.717) is 0 Å². The second-order valence-electron chi connectivity index (χ2n) is 4.95. The van der Waals surface area contributed by atoms with Crippen LogP contribution in [-0.2, 0) is 13.0 Å². The number of likely N-dealkylation sites (N-methyl/N-ethyl adjacent to an activating group) is 1. The van der Waals surface area contributed by atoms with Gasteiger partial charge in [-0.25, -0.2) is 0 Å².